The van der Waals surface area contributed by atoms with Gasteiger partial charge in [0.2, 0.25) is 0 Å². The molecule has 0 atom stereocenters. The van der Waals surface area contributed by atoms with Gasteiger partial charge in [-0.3, -0.25) is 9.59 Å². The van der Waals surface area contributed by atoms with Crippen LogP contribution < -0.4 is 10.1 Å². The molecule has 0 bridgehead atoms. The van der Waals surface area contributed by atoms with Gasteiger partial charge in [0, 0.05) is 25.2 Å². The zero-order valence-corrected chi connectivity index (χ0v) is 16.7. The fraction of sp³-hybridized carbons (Fsp3) is 0.333. The standard InChI is InChI=1S/C21H25ClN2O3/c1-4-5-6-13-27-17-10-7-15(8-11-17)20(25)23-19-14-16(9-12-18(19)22)21(26)24(2)3/h7-12,14H,4-6,13H2,1-3H3,(H,23,25). The molecule has 0 fully saturated rings. The smallest absolute Gasteiger partial charge is 0.255 e. The molecule has 2 amide bonds. The summed E-state index contributed by atoms with van der Waals surface area (Å²) in [6.45, 7) is 2.81. The summed E-state index contributed by atoms with van der Waals surface area (Å²) in [5.74, 6) is 0.273. The van der Waals surface area contributed by atoms with Gasteiger partial charge in [-0.05, 0) is 48.9 Å². The average Bonchev–Trinajstić information content (AvgIpc) is 2.66. The monoisotopic (exact) mass is 388 g/mol. The Morgan fingerprint density at radius 2 is 1.70 bits per heavy atom. The summed E-state index contributed by atoms with van der Waals surface area (Å²) in [7, 11) is 3.34. The molecule has 0 unspecified atom stereocenters. The molecule has 0 heterocycles. The lowest BCUT2D eigenvalue weighted by atomic mass is 10.1. The number of anilines is 1. The van der Waals surface area contributed by atoms with Crippen molar-refractivity contribution in [3.8, 4) is 5.75 Å². The van der Waals surface area contributed by atoms with Gasteiger partial charge in [0.15, 0.2) is 0 Å². The second-order valence-corrected chi connectivity index (χ2v) is 6.84. The Kier molecular flexibility index (Phi) is 7.67. The second-order valence-electron chi connectivity index (χ2n) is 6.43. The molecular weight excluding hydrogens is 364 g/mol. The highest BCUT2D eigenvalue weighted by atomic mass is 35.5. The van der Waals surface area contributed by atoms with Crippen molar-refractivity contribution in [3.63, 3.8) is 0 Å². The first-order valence-corrected chi connectivity index (χ1v) is 9.35. The number of ether oxygens (including phenoxy) is 1. The van der Waals surface area contributed by atoms with Crippen molar-refractivity contribution in [2.45, 2.75) is 26.2 Å². The molecule has 0 spiro atoms. The lowest BCUT2D eigenvalue weighted by molar-refractivity contribution is 0.0827. The van der Waals surface area contributed by atoms with Gasteiger partial charge < -0.3 is 15.0 Å². The molecule has 0 radical (unpaired) electrons. The summed E-state index contributed by atoms with van der Waals surface area (Å²) in [4.78, 5) is 26.0. The Hall–Kier alpha value is -2.53. The number of carbonyl (C=O) groups is 2. The molecule has 6 heteroatoms. The van der Waals surface area contributed by atoms with Crippen molar-refractivity contribution < 1.29 is 14.3 Å². The fourth-order valence-electron chi connectivity index (χ4n) is 2.45. The summed E-state index contributed by atoms with van der Waals surface area (Å²) < 4.78 is 5.65. The molecule has 2 aromatic carbocycles. The van der Waals surface area contributed by atoms with Crippen LogP contribution in [0.15, 0.2) is 42.5 Å². The van der Waals surface area contributed by atoms with Crippen LogP contribution in [0.5, 0.6) is 5.75 Å². The minimum Gasteiger partial charge on any atom is -0.494 e. The SMILES string of the molecule is CCCCCOc1ccc(C(=O)Nc2cc(C(=O)N(C)C)ccc2Cl)cc1. The first-order valence-electron chi connectivity index (χ1n) is 8.97. The van der Waals surface area contributed by atoms with E-state index in [1.165, 1.54) is 4.90 Å². The number of amides is 2. The van der Waals surface area contributed by atoms with E-state index in [-0.39, 0.29) is 11.8 Å². The quantitative estimate of drug-likeness (QED) is 0.657. The number of hydrogen-bond donors (Lipinski definition) is 1. The van der Waals surface area contributed by atoms with Crippen molar-refractivity contribution in [2.75, 3.05) is 26.0 Å². The second kappa shape index (κ2) is 9.97. The largest absolute Gasteiger partial charge is 0.494 e. The van der Waals surface area contributed by atoms with Crippen LogP contribution in [0, 0.1) is 0 Å². The van der Waals surface area contributed by atoms with Gasteiger partial charge in [-0.1, -0.05) is 31.4 Å². The molecule has 0 aromatic heterocycles. The van der Waals surface area contributed by atoms with E-state index >= 15 is 0 Å². The Morgan fingerprint density at radius 3 is 2.33 bits per heavy atom. The van der Waals surface area contributed by atoms with E-state index in [2.05, 4.69) is 12.2 Å². The molecule has 0 aliphatic heterocycles. The number of halogens is 1. The topological polar surface area (TPSA) is 58.6 Å². The summed E-state index contributed by atoms with van der Waals surface area (Å²) in [5.41, 5.74) is 1.33. The van der Waals surface area contributed by atoms with Crippen LogP contribution in [0.2, 0.25) is 5.02 Å². The van der Waals surface area contributed by atoms with Gasteiger partial charge in [0.25, 0.3) is 11.8 Å². The highest BCUT2D eigenvalue weighted by Gasteiger charge is 2.13. The van der Waals surface area contributed by atoms with Crippen molar-refractivity contribution in [1.82, 2.24) is 4.90 Å². The molecule has 0 aliphatic rings. The average molecular weight is 389 g/mol. The molecule has 5 nitrogen and oxygen atoms in total. The van der Waals surface area contributed by atoms with Gasteiger partial charge in [0.1, 0.15) is 5.75 Å². The maximum atomic E-state index is 12.5. The summed E-state index contributed by atoms with van der Waals surface area (Å²) in [6, 6.07) is 11.8. The van der Waals surface area contributed by atoms with Crippen LogP contribution in [0.4, 0.5) is 5.69 Å². The fourth-order valence-corrected chi connectivity index (χ4v) is 2.62. The summed E-state index contributed by atoms with van der Waals surface area (Å²) >= 11 is 6.16. The van der Waals surface area contributed by atoms with E-state index in [0.717, 1.165) is 25.0 Å². The third kappa shape index (κ3) is 6.00. The van der Waals surface area contributed by atoms with Crippen LogP contribution in [-0.4, -0.2) is 37.4 Å². The van der Waals surface area contributed by atoms with E-state index in [1.807, 2.05) is 0 Å². The number of benzene rings is 2. The third-order valence-corrected chi connectivity index (χ3v) is 4.33. The predicted octanol–water partition coefficient (Wildman–Crippen LogP) is 4.86. The zero-order chi connectivity index (χ0) is 19.8. The molecule has 2 aromatic rings. The highest BCUT2D eigenvalue weighted by Crippen LogP contribution is 2.24. The van der Waals surface area contributed by atoms with Crippen LogP contribution >= 0.6 is 11.6 Å². The van der Waals surface area contributed by atoms with Gasteiger partial charge in [-0.25, -0.2) is 0 Å². The zero-order valence-electron chi connectivity index (χ0n) is 15.9. The first kappa shape index (κ1) is 20.8. The number of carbonyl (C=O) groups excluding carboxylic acids is 2. The summed E-state index contributed by atoms with van der Waals surface area (Å²) in [5, 5.41) is 3.13. The van der Waals surface area contributed by atoms with Gasteiger partial charge >= 0.3 is 0 Å². The maximum absolute atomic E-state index is 12.5. The molecule has 27 heavy (non-hydrogen) atoms. The maximum Gasteiger partial charge on any atom is 0.255 e. The van der Waals surface area contributed by atoms with Crippen molar-refractivity contribution in [3.05, 3.63) is 58.6 Å². The Balaban J connectivity index is 2.04. The highest BCUT2D eigenvalue weighted by molar-refractivity contribution is 6.34. The molecular formula is C21H25ClN2O3. The van der Waals surface area contributed by atoms with Crippen LogP contribution in [0.25, 0.3) is 0 Å². The van der Waals surface area contributed by atoms with Gasteiger partial charge in [0.05, 0.1) is 17.3 Å². The lowest BCUT2D eigenvalue weighted by Gasteiger charge is -2.13. The number of hydrogen-bond acceptors (Lipinski definition) is 3. The number of nitrogens with zero attached hydrogens (tertiary/aromatic N) is 1. The van der Waals surface area contributed by atoms with E-state index < -0.39 is 0 Å². The number of nitrogens with one attached hydrogen (secondary N) is 1. The van der Waals surface area contributed by atoms with E-state index in [4.69, 9.17) is 16.3 Å². The minimum absolute atomic E-state index is 0.160. The summed E-state index contributed by atoms with van der Waals surface area (Å²) in [6.07, 6.45) is 3.29. The van der Waals surface area contributed by atoms with Crippen LogP contribution in [0.3, 0.4) is 0 Å². The molecule has 0 aliphatic carbocycles. The Labute approximate surface area is 165 Å². The molecule has 2 rings (SSSR count). The van der Waals surface area contributed by atoms with Crippen molar-refractivity contribution >= 4 is 29.1 Å². The minimum atomic E-state index is -0.302. The molecule has 144 valence electrons. The van der Waals surface area contributed by atoms with Gasteiger partial charge in [-0.2, -0.15) is 0 Å². The van der Waals surface area contributed by atoms with Crippen molar-refractivity contribution in [1.29, 1.82) is 0 Å². The number of unbranched alkanes of at least 4 members (excludes halogenated alkanes) is 2. The van der Waals surface area contributed by atoms with Crippen molar-refractivity contribution in [2.24, 2.45) is 0 Å². The van der Waals surface area contributed by atoms with Crippen LogP contribution in [0.1, 0.15) is 46.9 Å². The van der Waals surface area contributed by atoms with E-state index in [0.29, 0.717) is 28.4 Å². The molecule has 0 saturated carbocycles. The Morgan fingerprint density at radius 1 is 1.04 bits per heavy atom. The first-order chi connectivity index (χ1) is 12.9. The van der Waals surface area contributed by atoms with Gasteiger partial charge in [-0.15, -0.1) is 0 Å². The Bertz CT molecular complexity index is 789. The third-order valence-electron chi connectivity index (χ3n) is 4.00. The molecule has 1 N–H and O–H groups in total. The normalized spacial score (nSPS) is 10.4. The predicted molar refractivity (Wildman–Crippen MR) is 109 cm³/mol. The molecule has 0 saturated heterocycles. The van der Waals surface area contributed by atoms with Crippen LogP contribution in [-0.2, 0) is 0 Å². The van der Waals surface area contributed by atoms with E-state index in [1.54, 1.807) is 56.6 Å². The number of rotatable bonds is 8. The lowest BCUT2D eigenvalue weighted by Crippen LogP contribution is -2.22. The van der Waals surface area contributed by atoms with E-state index in [9.17, 15) is 9.59 Å².